The molecule has 4 rings (SSSR count). The molecule has 1 heterocycles. The number of ether oxygens (including phenoxy) is 1. The van der Waals surface area contributed by atoms with E-state index in [1.165, 1.54) is 23.1 Å². The summed E-state index contributed by atoms with van der Waals surface area (Å²) in [5.41, 5.74) is 2.06. The highest BCUT2D eigenvalue weighted by Crippen LogP contribution is 2.33. The number of nitro groups is 1. The van der Waals surface area contributed by atoms with Gasteiger partial charge in [-0.25, -0.2) is 0 Å². The molecule has 1 aliphatic heterocycles. The molecule has 0 N–H and O–H groups in total. The van der Waals surface area contributed by atoms with Gasteiger partial charge in [0.15, 0.2) is 0 Å². The lowest BCUT2D eigenvalue weighted by atomic mass is 9.91. The Balaban J connectivity index is 1.78. The summed E-state index contributed by atoms with van der Waals surface area (Å²) in [6.45, 7) is 0.0775. The molecule has 0 aliphatic carbocycles. The lowest BCUT2D eigenvalue weighted by molar-refractivity contribution is -0.384. The zero-order valence-electron chi connectivity index (χ0n) is 16.9. The van der Waals surface area contributed by atoms with Gasteiger partial charge in [-0.15, -0.1) is 0 Å². The van der Waals surface area contributed by atoms with Crippen LogP contribution in [0.3, 0.4) is 0 Å². The first-order chi connectivity index (χ1) is 15.4. The van der Waals surface area contributed by atoms with E-state index in [0.29, 0.717) is 22.4 Å². The van der Waals surface area contributed by atoms with E-state index < -0.39 is 16.7 Å². The molecule has 160 valence electrons. The Morgan fingerprint density at radius 2 is 1.69 bits per heavy atom. The standard InChI is InChI=1S/C24H17ClN2O5/c1-32-17-9-6-15(7-10-17)14-26-23(28)19-5-3-2-4-18(19)20(24(26)29)12-16-8-11-21(25)22(13-16)27(30)31/h2-13H,14H2,1H3/b20-12+. The number of imide groups is 1. The summed E-state index contributed by atoms with van der Waals surface area (Å²) in [6.07, 6.45) is 1.54. The molecule has 7 nitrogen and oxygen atoms in total. The molecule has 0 atom stereocenters. The number of nitro benzene ring substituents is 1. The third-order valence-corrected chi connectivity index (χ3v) is 5.47. The van der Waals surface area contributed by atoms with Crippen LogP contribution in [-0.2, 0) is 11.3 Å². The molecule has 0 fully saturated rings. The number of methoxy groups -OCH3 is 1. The molecule has 8 heteroatoms. The first-order valence-electron chi connectivity index (χ1n) is 9.63. The van der Waals surface area contributed by atoms with E-state index in [2.05, 4.69) is 0 Å². The van der Waals surface area contributed by atoms with Crippen LogP contribution in [-0.4, -0.2) is 28.7 Å². The van der Waals surface area contributed by atoms with Crippen molar-refractivity contribution in [1.82, 2.24) is 4.90 Å². The Morgan fingerprint density at radius 1 is 1.00 bits per heavy atom. The van der Waals surface area contributed by atoms with Crippen LogP contribution in [0.5, 0.6) is 5.75 Å². The maximum absolute atomic E-state index is 13.4. The van der Waals surface area contributed by atoms with Crippen LogP contribution in [0, 0.1) is 10.1 Å². The molecule has 0 saturated carbocycles. The minimum atomic E-state index is -0.583. The molecule has 0 saturated heterocycles. The lowest BCUT2D eigenvalue weighted by Gasteiger charge is -2.28. The molecule has 1 aliphatic rings. The van der Waals surface area contributed by atoms with Gasteiger partial charge >= 0.3 is 0 Å². The summed E-state index contributed by atoms with van der Waals surface area (Å²) in [5, 5.41) is 11.2. The maximum Gasteiger partial charge on any atom is 0.288 e. The monoisotopic (exact) mass is 448 g/mol. The number of benzene rings is 3. The quantitative estimate of drug-likeness (QED) is 0.237. The Kier molecular flexibility index (Phi) is 5.75. The van der Waals surface area contributed by atoms with Gasteiger partial charge in [0.05, 0.1) is 18.6 Å². The third-order valence-electron chi connectivity index (χ3n) is 5.15. The van der Waals surface area contributed by atoms with E-state index in [1.807, 2.05) is 0 Å². The fourth-order valence-electron chi connectivity index (χ4n) is 3.53. The largest absolute Gasteiger partial charge is 0.497 e. The van der Waals surface area contributed by atoms with E-state index in [-0.39, 0.29) is 22.8 Å². The number of fused-ring (bicyclic) bond motifs is 1. The molecule has 3 aromatic carbocycles. The summed E-state index contributed by atoms with van der Waals surface area (Å²) >= 11 is 5.91. The van der Waals surface area contributed by atoms with Crippen LogP contribution in [0.1, 0.15) is 27.0 Å². The van der Waals surface area contributed by atoms with Crippen molar-refractivity contribution < 1.29 is 19.2 Å². The van der Waals surface area contributed by atoms with Crippen LogP contribution in [0.25, 0.3) is 11.6 Å². The molecule has 0 aromatic heterocycles. The first-order valence-corrected chi connectivity index (χ1v) is 10.0. The van der Waals surface area contributed by atoms with E-state index in [9.17, 15) is 19.7 Å². The second-order valence-electron chi connectivity index (χ2n) is 7.12. The van der Waals surface area contributed by atoms with E-state index in [1.54, 1.807) is 61.7 Å². The van der Waals surface area contributed by atoms with Crippen molar-refractivity contribution in [2.75, 3.05) is 7.11 Å². The number of amides is 2. The average Bonchev–Trinajstić information content (AvgIpc) is 2.80. The van der Waals surface area contributed by atoms with Gasteiger partial charge in [0.2, 0.25) is 0 Å². The molecule has 32 heavy (non-hydrogen) atoms. The van der Waals surface area contributed by atoms with E-state index in [0.717, 1.165) is 5.56 Å². The van der Waals surface area contributed by atoms with Crippen molar-refractivity contribution in [2.24, 2.45) is 0 Å². The van der Waals surface area contributed by atoms with Gasteiger partial charge in [0.25, 0.3) is 17.5 Å². The second-order valence-corrected chi connectivity index (χ2v) is 7.52. The van der Waals surface area contributed by atoms with Crippen molar-refractivity contribution in [3.8, 4) is 5.75 Å². The maximum atomic E-state index is 13.4. The summed E-state index contributed by atoms with van der Waals surface area (Å²) in [6, 6.07) is 18.2. The molecule has 2 amide bonds. The Hall–Kier alpha value is -3.97. The van der Waals surface area contributed by atoms with Gasteiger partial charge in [-0.05, 0) is 47.0 Å². The normalized spacial score (nSPS) is 14.4. The fourth-order valence-corrected chi connectivity index (χ4v) is 3.71. The van der Waals surface area contributed by atoms with Gasteiger partial charge in [-0.2, -0.15) is 0 Å². The highest BCUT2D eigenvalue weighted by Gasteiger charge is 2.34. The van der Waals surface area contributed by atoms with Crippen molar-refractivity contribution >= 4 is 40.8 Å². The number of nitrogens with zero attached hydrogens (tertiary/aromatic N) is 2. The Morgan fingerprint density at radius 3 is 2.34 bits per heavy atom. The minimum absolute atomic E-state index is 0.00355. The molecule has 3 aromatic rings. The highest BCUT2D eigenvalue weighted by molar-refractivity contribution is 6.34. The van der Waals surface area contributed by atoms with Crippen molar-refractivity contribution in [3.63, 3.8) is 0 Å². The average molecular weight is 449 g/mol. The van der Waals surface area contributed by atoms with Gasteiger partial charge < -0.3 is 4.74 Å². The molecule has 0 radical (unpaired) electrons. The zero-order chi connectivity index (χ0) is 22.8. The summed E-state index contributed by atoms with van der Waals surface area (Å²) in [4.78, 5) is 38.3. The fraction of sp³-hybridized carbons (Fsp3) is 0.0833. The molecule has 0 unspecified atom stereocenters. The third kappa shape index (κ3) is 3.98. The zero-order valence-corrected chi connectivity index (χ0v) is 17.7. The summed E-state index contributed by atoms with van der Waals surface area (Å²) in [5.74, 6) is -0.219. The number of halogens is 1. The van der Waals surface area contributed by atoms with Crippen LogP contribution >= 0.6 is 11.6 Å². The molecule has 0 bridgehead atoms. The SMILES string of the molecule is COc1ccc(CN2C(=O)/C(=C/c3ccc(Cl)c([N+](=O)[O-])c3)c3ccccc3C2=O)cc1. The number of carbonyl (C=O) groups excluding carboxylic acids is 2. The topological polar surface area (TPSA) is 89.8 Å². The predicted octanol–water partition coefficient (Wildman–Crippen LogP) is 4.98. The van der Waals surface area contributed by atoms with E-state index in [4.69, 9.17) is 16.3 Å². The summed E-state index contributed by atoms with van der Waals surface area (Å²) < 4.78 is 5.15. The van der Waals surface area contributed by atoms with Gasteiger partial charge in [-0.3, -0.25) is 24.6 Å². The van der Waals surface area contributed by atoms with Gasteiger partial charge in [0, 0.05) is 17.2 Å². The minimum Gasteiger partial charge on any atom is -0.497 e. The molecular weight excluding hydrogens is 432 g/mol. The van der Waals surface area contributed by atoms with Crippen molar-refractivity contribution in [3.05, 3.63) is 104 Å². The smallest absolute Gasteiger partial charge is 0.288 e. The van der Waals surface area contributed by atoms with Crippen LogP contribution in [0.4, 0.5) is 5.69 Å². The van der Waals surface area contributed by atoms with Crippen LogP contribution in [0.2, 0.25) is 5.02 Å². The second kappa shape index (κ2) is 8.64. The van der Waals surface area contributed by atoms with Gasteiger partial charge in [-0.1, -0.05) is 48.0 Å². The Labute approximate surface area is 188 Å². The summed E-state index contributed by atoms with van der Waals surface area (Å²) in [7, 11) is 1.56. The molecular formula is C24H17ClN2O5. The first kappa shape index (κ1) is 21.3. The number of hydrogen-bond donors (Lipinski definition) is 0. The van der Waals surface area contributed by atoms with Crippen LogP contribution < -0.4 is 4.74 Å². The number of hydrogen-bond acceptors (Lipinski definition) is 5. The van der Waals surface area contributed by atoms with E-state index >= 15 is 0 Å². The van der Waals surface area contributed by atoms with Crippen LogP contribution in [0.15, 0.2) is 66.7 Å². The predicted molar refractivity (Wildman–Crippen MR) is 120 cm³/mol. The number of rotatable bonds is 5. The lowest BCUT2D eigenvalue weighted by Crippen LogP contribution is -2.41. The number of carbonyl (C=O) groups is 2. The van der Waals surface area contributed by atoms with Crippen molar-refractivity contribution in [1.29, 1.82) is 0 Å². The van der Waals surface area contributed by atoms with Crippen molar-refractivity contribution in [2.45, 2.75) is 6.54 Å². The molecule has 0 spiro atoms. The highest BCUT2D eigenvalue weighted by atomic mass is 35.5. The Bertz CT molecular complexity index is 1270. The van der Waals surface area contributed by atoms with Gasteiger partial charge in [0.1, 0.15) is 10.8 Å².